The molecule has 1 aliphatic heterocycles. The lowest BCUT2D eigenvalue weighted by atomic mass is 9.89. The van der Waals surface area contributed by atoms with Gasteiger partial charge in [-0.25, -0.2) is 0 Å². The Bertz CT molecular complexity index is 402. The zero-order valence-electron chi connectivity index (χ0n) is 8.41. The molecule has 1 saturated heterocycles. The minimum atomic E-state index is -0.814. The Labute approximate surface area is 103 Å². The second-order valence-electron chi connectivity index (χ2n) is 3.84. The molecule has 1 heterocycles. The predicted molar refractivity (Wildman–Crippen MR) is 63.2 cm³/mol. The molecule has 1 aromatic rings. The third-order valence-electron chi connectivity index (χ3n) is 2.90. The highest BCUT2D eigenvalue weighted by atomic mass is 35.5. The van der Waals surface area contributed by atoms with Crippen LogP contribution in [0.3, 0.4) is 0 Å². The van der Waals surface area contributed by atoms with E-state index >= 15 is 0 Å². The van der Waals surface area contributed by atoms with Gasteiger partial charge < -0.3 is 10.4 Å². The van der Waals surface area contributed by atoms with E-state index in [1.807, 2.05) is 0 Å². The largest absolute Gasteiger partial charge is 0.481 e. The lowest BCUT2D eigenvalue weighted by molar-refractivity contribution is -0.141. The molecule has 2 N–H and O–H groups in total. The van der Waals surface area contributed by atoms with E-state index < -0.39 is 11.9 Å². The molecule has 16 heavy (non-hydrogen) atoms. The third-order valence-corrected chi connectivity index (χ3v) is 3.56. The van der Waals surface area contributed by atoms with Crippen molar-refractivity contribution in [2.24, 2.45) is 5.92 Å². The maximum absolute atomic E-state index is 11.1. The number of carboxylic acid groups (broad SMARTS) is 1. The molecule has 0 aromatic heterocycles. The second kappa shape index (κ2) is 4.62. The Morgan fingerprint density at radius 2 is 1.94 bits per heavy atom. The van der Waals surface area contributed by atoms with Crippen molar-refractivity contribution in [3.63, 3.8) is 0 Å². The van der Waals surface area contributed by atoms with Crippen molar-refractivity contribution in [2.75, 3.05) is 13.1 Å². The van der Waals surface area contributed by atoms with Gasteiger partial charge in [-0.05, 0) is 17.7 Å². The van der Waals surface area contributed by atoms with E-state index in [1.54, 1.807) is 18.2 Å². The summed E-state index contributed by atoms with van der Waals surface area (Å²) in [6.45, 7) is 1.06. The molecule has 2 rings (SSSR count). The highest BCUT2D eigenvalue weighted by Crippen LogP contribution is 2.37. The maximum atomic E-state index is 11.1. The van der Waals surface area contributed by atoms with Crippen LogP contribution in [0.4, 0.5) is 0 Å². The number of benzene rings is 1. The number of carboxylic acids is 1. The second-order valence-corrected chi connectivity index (χ2v) is 4.66. The van der Waals surface area contributed by atoms with Gasteiger partial charge in [0, 0.05) is 29.1 Å². The number of hydrogen-bond donors (Lipinski definition) is 2. The van der Waals surface area contributed by atoms with Crippen LogP contribution in [0.1, 0.15) is 11.5 Å². The molecule has 5 heteroatoms. The zero-order valence-corrected chi connectivity index (χ0v) is 9.92. The van der Waals surface area contributed by atoms with Gasteiger partial charge in [0.2, 0.25) is 0 Å². The fraction of sp³-hybridized carbons (Fsp3) is 0.364. The predicted octanol–water partition coefficient (Wildman–Crippen LogP) is 2.38. The summed E-state index contributed by atoms with van der Waals surface area (Å²) in [5.41, 5.74) is 0.739. The Morgan fingerprint density at radius 1 is 1.31 bits per heavy atom. The van der Waals surface area contributed by atoms with Gasteiger partial charge in [-0.3, -0.25) is 4.79 Å². The molecule has 0 bridgehead atoms. The van der Waals surface area contributed by atoms with Crippen LogP contribution in [0.25, 0.3) is 0 Å². The number of halogens is 2. The van der Waals surface area contributed by atoms with Crippen molar-refractivity contribution in [3.05, 3.63) is 33.8 Å². The Balaban J connectivity index is 2.40. The molecule has 3 nitrogen and oxygen atoms in total. The summed E-state index contributed by atoms with van der Waals surface area (Å²) < 4.78 is 0. The van der Waals surface area contributed by atoms with Crippen LogP contribution in [0.15, 0.2) is 18.2 Å². The van der Waals surface area contributed by atoms with Crippen LogP contribution in [0, 0.1) is 5.92 Å². The van der Waals surface area contributed by atoms with Gasteiger partial charge in [-0.2, -0.15) is 0 Å². The third kappa shape index (κ3) is 2.03. The molecular weight excluding hydrogens is 249 g/mol. The molecule has 0 radical (unpaired) electrons. The first-order chi connectivity index (χ1) is 7.61. The van der Waals surface area contributed by atoms with E-state index in [4.69, 9.17) is 28.3 Å². The molecule has 0 amide bonds. The van der Waals surface area contributed by atoms with Gasteiger partial charge >= 0.3 is 5.97 Å². The average Bonchev–Trinajstić information content (AvgIpc) is 2.66. The Morgan fingerprint density at radius 3 is 2.50 bits per heavy atom. The number of aliphatic carboxylic acids is 1. The molecule has 2 atom stereocenters. The molecule has 86 valence electrons. The normalized spacial score (nSPS) is 24.6. The summed E-state index contributed by atoms with van der Waals surface area (Å²) in [5.74, 6) is -1.43. The number of hydrogen-bond acceptors (Lipinski definition) is 2. The minimum Gasteiger partial charge on any atom is -0.481 e. The van der Waals surface area contributed by atoms with Gasteiger partial charge in [-0.15, -0.1) is 0 Å². The fourth-order valence-electron chi connectivity index (χ4n) is 2.11. The average molecular weight is 260 g/mol. The summed E-state index contributed by atoms with van der Waals surface area (Å²) in [4.78, 5) is 11.1. The van der Waals surface area contributed by atoms with Crippen molar-refractivity contribution < 1.29 is 9.90 Å². The molecule has 1 aliphatic rings. The topological polar surface area (TPSA) is 49.3 Å². The van der Waals surface area contributed by atoms with Crippen LogP contribution in [-0.2, 0) is 4.79 Å². The molecule has 2 unspecified atom stereocenters. The smallest absolute Gasteiger partial charge is 0.308 e. The van der Waals surface area contributed by atoms with Gasteiger partial charge in [0.15, 0.2) is 0 Å². The van der Waals surface area contributed by atoms with E-state index in [9.17, 15) is 4.79 Å². The lowest BCUT2D eigenvalue weighted by Gasteiger charge is -2.17. The molecule has 1 fully saturated rings. The molecule has 0 aliphatic carbocycles. The van der Waals surface area contributed by atoms with Crippen LogP contribution >= 0.6 is 23.2 Å². The number of rotatable bonds is 2. The first kappa shape index (κ1) is 11.7. The summed E-state index contributed by atoms with van der Waals surface area (Å²) in [6.07, 6.45) is 0. The van der Waals surface area contributed by atoms with Crippen molar-refractivity contribution in [1.29, 1.82) is 0 Å². The number of nitrogens with one attached hydrogen (secondary N) is 1. The van der Waals surface area contributed by atoms with E-state index in [2.05, 4.69) is 5.32 Å². The van der Waals surface area contributed by atoms with Crippen molar-refractivity contribution in [2.45, 2.75) is 5.92 Å². The van der Waals surface area contributed by atoms with E-state index in [0.29, 0.717) is 23.1 Å². The molecular formula is C11H11Cl2NO2. The van der Waals surface area contributed by atoms with E-state index in [-0.39, 0.29) is 5.92 Å². The summed E-state index contributed by atoms with van der Waals surface area (Å²) in [7, 11) is 0. The van der Waals surface area contributed by atoms with Crippen molar-refractivity contribution >= 4 is 29.2 Å². The first-order valence-electron chi connectivity index (χ1n) is 4.98. The van der Waals surface area contributed by atoms with Gasteiger partial charge in [-0.1, -0.05) is 29.3 Å². The highest BCUT2D eigenvalue weighted by molar-refractivity contribution is 6.36. The van der Waals surface area contributed by atoms with Gasteiger partial charge in [0.05, 0.1) is 5.92 Å². The summed E-state index contributed by atoms with van der Waals surface area (Å²) in [6, 6.07) is 5.23. The molecule has 0 spiro atoms. The minimum absolute atomic E-state index is 0.154. The zero-order chi connectivity index (χ0) is 11.7. The van der Waals surface area contributed by atoms with Crippen molar-refractivity contribution in [3.8, 4) is 0 Å². The van der Waals surface area contributed by atoms with E-state index in [1.165, 1.54) is 0 Å². The van der Waals surface area contributed by atoms with Crippen molar-refractivity contribution in [1.82, 2.24) is 5.32 Å². The monoisotopic (exact) mass is 259 g/mol. The lowest BCUT2D eigenvalue weighted by Crippen LogP contribution is -2.21. The quantitative estimate of drug-likeness (QED) is 0.858. The standard InChI is InChI=1S/C11H11Cl2NO2/c12-8-2-1-3-9(13)10(8)6-4-14-5-7(6)11(15)16/h1-3,6-7,14H,4-5H2,(H,15,16). The first-order valence-corrected chi connectivity index (χ1v) is 5.74. The fourth-order valence-corrected chi connectivity index (χ4v) is 2.78. The maximum Gasteiger partial charge on any atom is 0.308 e. The summed E-state index contributed by atoms with van der Waals surface area (Å²) >= 11 is 12.1. The van der Waals surface area contributed by atoms with Gasteiger partial charge in [0.1, 0.15) is 0 Å². The summed E-state index contributed by atoms with van der Waals surface area (Å²) in [5, 5.41) is 13.2. The van der Waals surface area contributed by atoms with Crippen LogP contribution in [0.5, 0.6) is 0 Å². The van der Waals surface area contributed by atoms with Crippen LogP contribution < -0.4 is 5.32 Å². The van der Waals surface area contributed by atoms with Crippen LogP contribution in [0.2, 0.25) is 10.0 Å². The Kier molecular flexibility index (Phi) is 3.38. The molecule has 1 aromatic carbocycles. The highest BCUT2D eigenvalue weighted by Gasteiger charge is 2.36. The SMILES string of the molecule is O=C(O)C1CNCC1c1c(Cl)cccc1Cl. The molecule has 0 saturated carbocycles. The van der Waals surface area contributed by atoms with Gasteiger partial charge in [0.25, 0.3) is 0 Å². The van der Waals surface area contributed by atoms with E-state index in [0.717, 1.165) is 5.56 Å². The van der Waals surface area contributed by atoms with Crippen LogP contribution in [-0.4, -0.2) is 24.2 Å². The number of carbonyl (C=O) groups is 1. The Hall–Kier alpha value is -0.770.